The minimum Gasteiger partial charge on any atom is -0.489 e. The Morgan fingerprint density at radius 2 is 2.08 bits per heavy atom. The van der Waals surface area contributed by atoms with Crippen molar-refractivity contribution in [1.29, 1.82) is 0 Å². The Labute approximate surface area is 283 Å². The van der Waals surface area contributed by atoms with Crippen LogP contribution < -0.4 is 19.7 Å². The first-order valence-corrected chi connectivity index (χ1v) is 16.2. The molecule has 1 N–H and O–H groups in total. The molecule has 1 aromatic heterocycles. The molecule has 1 atom stereocenters. The molecule has 11 heteroatoms. The van der Waals surface area contributed by atoms with Crippen LogP contribution in [0.1, 0.15) is 25.8 Å². The van der Waals surface area contributed by atoms with Gasteiger partial charge in [0.1, 0.15) is 36.0 Å². The van der Waals surface area contributed by atoms with Gasteiger partial charge in [0.25, 0.3) is 0 Å². The summed E-state index contributed by atoms with van der Waals surface area (Å²) in [6.45, 7) is 9.77. The summed E-state index contributed by atoms with van der Waals surface area (Å²) in [6, 6.07) is 10.2. The molecule has 3 aliphatic heterocycles. The van der Waals surface area contributed by atoms with E-state index in [4.69, 9.17) is 15.9 Å². The molecule has 3 aromatic rings. The van der Waals surface area contributed by atoms with Crippen LogP contribution in [0.4, 0.5) is 17.2 Å². The predicted molar refractivity (Wildman–Crippen MR) is 193 cm³/mol. The lowest BCUT2D eigenvalue weighted by atomic mass is 10.1. The van der Waals surface area contributed by atoms with E-state index in [2.05, 4.69) is 37.3 Å². The van der Waals surface area contributed by atoms with E-state index in [1.165, 1.54) is 0 Å². The van der Waals surface area contributed by atoms with Crippen molar-refractivity contribution < 1.29 is 14.3 Å². The van der Waals surface area contributed by atoms with Crippen molar-refractivity contribution in [3.8, 4) is 23.8 Å². The van der Waals surface area contributed by atoms with Crippen molar-refractivity contribution in [2.24, 2.45) is 5.10 Å². The van der Waals surface area contributed by atoms with Crippen LogP contribution >= 0.6 is 0 Å². The number of ether oxygens (including phenoxy) is 2. The SMILES string of the molecule is C#CCC.C/C=N\N1C=CC(Oc2ccc(Nc3ncnc4cc5c(cc34)N3CCN(C(=O)/C=C/CN(C)C)CC3CO5)cc2C)=CC1. The minimum absolute atomic E-state index is 0.0441. The molecule has 0 spiro atoms. The second-order valence-corrected chi connectivity index (χ2v) is 11.8. The molecule has 4 heterocycles. The van der Waals surface area contributed by atoms with Crippen molar-refractivity contribution in [3.63, 3.8) is 0 Å². The van der Waals surface area contributed by atoms with Crippen LogP contribution in [0.2, 0.25) is 0 Å². The van der Waals surface area contributed by atoms with Crippen molar-refractivity contribution in [2.75, 3.05) is 63.6 Å². The molecule has 1 saturated heterocycles. The molecule has 2 aromatic carbocycles. The zero-order valence-electron chi connectivity index (χ0n) is 28.4. The number of benzene rings is 2. The maximum Gasteiger partial charge on any atom is 0.246 e. The fourth-order valence-corrected chi connectivity index (χ4v) is 5.57. The van der Waals surface area contributed by atoms with Crippen molar-refractivity contribution in [2.45, 2.75) is 33.2 Å². The Morgan fingerprint density at radius 1 is 1.25 bits per heavy atom. The van der Waals surface area contributed by atoms with Crippen molar-refractivity contribution in [3.05, 3.63) is 78.5 Å². The standard InChI is InChI=1S/C33H38N8O3.C4H6/c1-5-36-40-13-10-26(11-14-40)44-30-9-8-24(17-23(30)2)37-33-27-18-29-31(19-28(27)34-22-35-33)43-21-25-20-39(15-16-41(25)29)32(42)7-6-12-38(3)4;1-3-4-2/h5-11,13,17-19,22,25H,12,14-16,20-21H2,1-4H3,(H,34,35,37);1H,4H2,2H3/b7-6+,36-5-;. The number of carbonyl (C=O) groups excluding carboxylic acids is 1. The van der Waals surface area contributed by atoms with Crippen molar-refractivity contribution in [1.82, 2.24) is 24.8 Å². The number of likely N-dealkylation sites (N-methyl/N-ethyl adjacent to an activating group) is 1. The van der Waals surface area contributed by atoms with E-state index in [0.717, 1.165) is 64.6 Å². The highest BCUT2D eigenvalue weighted by atomic mass is 16.5. The molecule has 11 nitrogen and oxygen atoms in total. The molecule has 0 radical (unpaired) electrons. The first-order chi connectivity index (χ1) is 23.3. The summed E-state index contributed by atoms with van der Waals surface area (Å²) in [5.74, 6) is 5.56. The van der Waals surface area contributed by atoms with Gasteiger partial charge in [0.05, 0.1) is 23.8 Å². The van der Waals surface area contributed by atoms with Gasteiger partial charge in [-0.25, -0.2) is 9.97 Å². The van der Waals surface area contributed by atoms with E-state index in [9.17, 15) is 4.79 Å². The number of anilines is 3. The highest BCUT2D eigenvalue weighted by molar-refractivity contribution is 5.95. The quantitative estimate of drug-likeness (QED) is 0.197. The maximum absolute atomic E-state index is 12.8. The van der Waals surface area contributed by atoms with E-state index in [0.29, 0.717) is 32.1 Å². The van der Waals surface area contributed by atoms with Gasteiger partial charge in [-0.15, -0.1) is 12.3 Å². The van der Waals surface area contributed by atoms with Gasteiger partial charge in [-0.1, -0.05) is 13.0 Å². The summed E-state index contributed by atoms with van der Waals surface area (Å²) < 4.78 is 12.3. The summed E-state index contributed by atoms with van der Waals surface area (Å²) in [7, 11) is 3.97. The molecule has 6 rings (SSSR count). The Kier molecular flexibility index (Phi) is 11.3. The first kappa shape index (κ1) is 34.0. The summed E-state index contributed by atoms with van der Waals surface area (Å²) >= 11 is 0. The topological polar surface area (TPSA) is 98.7 Å². The molecular formula is C37H44N8O3. The Morgan fingerprint density at radius 3 is 2.79 bits per heavy atom. The molecular weight excluding hydrogens is 604 g/mol. The van der Waals surface area contributed by atoms with E-state index in [-0.39, 0.29) is 11.9 Å². The largest absolute Gasteiger partial charge is 0.489 e. The smallest absolute Gasteiger partial charge is 0.246 e. The average Bonchev–Trinajstić information content (AvgIpc) is 3.09. The number of piperazine rings is 1. The second-order valence-electron chi connectivity index (χ2n) is 11.8. The number of hydrazone groups is 1. The summed E-state index contributed by atoms with van der Waals surface area (Å²) in [6.07, 6.45) is 18.3. The second kappa shape index (κ2) is 16.0. The number of nitrogens with one attached hydrogen (secondary N) is 1. The zero-order valence-corrected chi connectivity index (χ0v) is 28.4. The highest BCUT2D eigenvalue weighted by Gasteiger charge is 2.34. The van der Waals surface area contributed by atoms with Crippen LogP contribution in [0.15, 0.2) is 78.0 Å². The summed E-state index contributed by atoms with van der Waals surface area (Å²) in [5, 5.41) is 10.5. The number of hydrogen-bond donors (Lipinski definition) is 1. The number of aromatic nitrogens is 2. The number of carbonyl (C=O) groups is 1. The van der Waals surface area contributed by atoms with E-state index >= 15 is 0 Å². The number of amides is 1. The fraction of sp³-hybridized carbons (Fsp3) is 0.351. The van der Waals surface area contributed by atoms with Crippen LogP contribution in [0.3, 0.4) is 0 Å². The molecule has 1 fully saturated rings. The van der Waals surface area contributed by atoms with Gasteiger partial charge < -0.3 is 29.5 Å². The van der Waals surface area contributed by atoms with Gasteiger partial charge in [-0.3, -0.25) is 9.80 Å². The number of rotatable bonds is 8. The Balaban J connectivity index is 0.00000107. The van der Waals surface area contributed by atoms with Gasteiger partial charge in [0, 0.05) is 68.2 Å². The Bertz CT molecular complexity index is 1770. The molecule has 250 valence electrons. The number of allylic oxidation sites excluding steroid dienone is 1. The lowest BCUT2D eigenvalue weighted by molar-refractivity contribution is -0.127. The number of nitrogens with zero attached hydrogens (tertiary/aromatic N) is 7. The lowest BCUT2D eigenvalue weighted by Gasteiger charge is -2.45. The molecule has 0 aliphatic carbocycles. The third-order valence-electron chi connectivity index (χ3n) is 8.01. The Hall–Kier alpha value is -5.34. The molecule has 0 bridgehead atoms. The highest BCUT2D eigenvalue weighted by Crippen LogP contribution is 2.40. The number of fused-ring (bicyclic) bond motifs is 4. The van der Waals surface area contributed by atoms with Gasteiger partial charge in [0.15, 0.2) is 0 Å². The monoisotopic (exact) mass is 648 g/mol. The zero-order chi connectivity index (χ0) is 34.0. The fourth-order valence-electron chi connectivity index (χ4n) is 5.57. The van der Waals surface area contributed by atoms with Crippen LogP contribution in [-0.2, 0) is 4.79 Å². The maximum atomic E-state index is 12.8. The van der Waals surface area contributed by atoms with Gasteiger partial charge in [-0.2, -0.15) is 5.10 Å². The van der Waals surface area contributed by atoms with Crippen LogP contribution in [0.5, 0.6) is 11.5 Å². The molecule has 3 aliphatic rings. The number of aryl methyl sites for hydroxylation is 1. The predicted octanol–water partition coefficient (Wildman–Crippen LogP) is 5.34. The lowest BCUT2D eigenvalue weighted by Crippen LogP contribution is -2.58. The molecule has 1 unspecified atom stereocenters. The first-order valence-electron chi connectivity index (χ1n) is 16.2. The van der Waals surface area contributed by atoms with Gasteiger partial charge >= 0.3 is 0 Å². The molecule has 1 amide bonds. The molecule has 48 heavy (non-hydrogen) atoms. The summed E-state index contributed by atoms with van der Waals surface area (Å²) in [5.41, 5.74) is 3.69. The van der Waals surface area contributed by atoms with Crippen LogP contribution in [0.25, 0.3) is 10.9 Å². The third-order valence-corrected chi connectivity index (χ3v) is 8.01. The van der Waals surface area contributed by atoms with Crippen molar-refractivity contribution >= 4 is 40.2 Å². The summed E-state index contributed by atoms with van der Waals surface area (Å²) in [4.78, 5) is 28.2. The van der Waals surface area contributed by atoms with Crippen LogP contribution in [-0.4, -0.2) is 96.4 Å². The van der Waals surface area contributed by atoms with E-state index < -0.39 is 0 Å². The molecule has 0 saturated carbocycles. The van der Waals surface area contributed by atoms with Gasteiger partial charge in [-0.05, 0) is 69.9 Å². The average molecular weight is 649 g/mol. The third kappa shape index (κ3) is 8.32. The van der Waals surface area contributed by atoms with Gasteiger partial charge in [0.2, 0.25) is 5.91 Å². The van der Waals surface area contributed by atoms with Crippen LogP contribution in [0, 0.1) is 19.3 Å². The minimum atomic E-state index is 0.0441. The normalized spacial score (nSPS) is 17.0. The number of hydrogen-bond acceptors (Lipinski definition) is 10. The van der Waals surface area contributed by atoms with E-state index in [1.54, 1.807) is 18.6 Å². The number of terminal acetylenes is 1. The van der Waals surface area contributed by atoms with E-state index in [1.807, 2.05) is 98.4 Å².